The molecule has 1 aromatic rings. The van der Waals surface area contributed by atoms with Crippen LogP contribution in [0.4, 0.5) is 4.39 Å². The Balaban J connectivity index is 2.11. The SMILES string of the molecule is CCN(CCN1C(=O)[C@H](C)S[C@@H]1c1ccc(F)cc1)C(=O)C(C)C. The highest BCUT2D eigenvalue weighted by atomic mass is 32.2. The molecule has 0 aromatic heterocycles. The minimum absolute atomic E-state index is 0.0552. The van der Waals surface area contributed by atoms with Gasteiger partial charge in [-0.2, -0.15) is 0 Å². The maximum Gasteiger partial charge on any atom is 0.236 e. The second-order valence-corrected chi connectivity index (χ2v) is 7.71. The van der Waals surface area contributed by atoms with E-state index in [1.807, 2.05) is 27.7 Å². The van der Waals surface area contributed by atoms with Crippen LogP contribution in [0.2, 0.25) is 0 Å². The van der Waals surface area contributed by atoms with Crippen LogP contribution in [-0.2, 0) is 9.59 Å². The second-order valence-electron chi connectivity index (χ2n) is 6.29. The molecule has 132 valence electrons. The second kappa shape index (κ2) is 8.01. The number of likely N-dealkylation sites (N-methyl/N-ethyl adjacent to an activating group) is 1. The summed E-state index contributed by atoms with van der Waals surface area (Å²) < 4.78 is 13.2. The molecule has 4 nitrogen and oxygen atoms in total. The van der Waals surface area contributed by atoms with E-state index in [1.54, 1.807) is 33.7 Å². The summed E-state index contributed by atoms with van der Waals surface area (Å²) in [5.41, 5.74) is 0.914. The summed E-state index contributed by atoms with van der Waals surface area (Å²) in [4.78, 5) is 28.3. The van der Waals surface area contributed by atoms with E-state index >= 15 is 0 Å². The van der Waals surface area contributed by atoms with Gasteiger partial charge < -0.3 is 9.80 Å². The normalized spacial score (nSPS) is 20.8. The lowest BCUT2D eigenvalue weighted by atomic mass is 10.2. The van der Waals surface area contributed by atoms with Crippen LogP contribution in [-0.4, -0.2) is 46.5 Å². The van der Waals surface area contributed by atoms with Crippen LogP contribution < -0.4 is 0 Å². The molecule has 1 fully saturated rings. The largest absolute Gasteiger partial charge is 0.341 e. The van der Waals surface area contributed by atoms with Crippen LogP contribution in [0.15, 0.2) is 24.3 Å². The van der Waals surface area contributed by atoms with Gasteiger partial charge in [-0.15, -0.1) is 11.8 Å². The third-order valence-electron chi connectivity index (χ3n) is 4.20. The maximum atomic E-state index is 13.2. The lowest BCUT2D eigenvalue weighted by Gasteiger charge is -2.29. The van der Waals surface area contributed by atoms with Crippen molar-refractivity contribution in [3.8, 4) is 0 Å². The number of carbonyl (C=O) groups is 2. The number of halogens is 1. The van der Waals surface area contributed by atoms with Crippen LogP contribution in [0.5, 0.6) is 0 Å². The monoisotopic (exact) mass is 352 g/mol. The van der Waals surface area contributed by atoms with E-state index in [0.717, 1.165) is 5.56 Å². The van der Waals surface area contributed by atoms with Gasteiger partial charge in [0.2, 0.25) is 11.8 Å². The highest BCUT2D eigenvalue weighted by molar-refractivity contribution is 8.01. The van der Waals surface area contributed by atoms with Gasteiger partial charge in [-0.3, -0.25) is 9.59 Å². The standard InChI is InChI=1S/C18H25FN2O2S/c1-5-20(16(22)12(2)3)10-11-21-17(23)13(4)24-18(21)14-6-8-15(19)9-7-14/h6-9,12-13,18H,5,10-11H2,1-4H3/t13-,18+/m0/s1. The molecule has 1 saturated heterocycles. The lowest BCUT2D eigenvalue weighted by Crippen LogP contribution is -2.42. The van der Waals surface area contributed by atoms with Crippen LogP contribution in [0.25, 0.3) is 0 Å². The first-order valence-corrected chi connectivity index (χ1v) is 9.29. The highest BCUT2D eigenvalue weighted by Crippen LogP contribution is 2.42. The number of hydrogen-bond acceptors (Lipinski definition) is 3. The summed E-state index contributed by atoms with van der Waals surface area (Å²) in [6, 6.07) is 6.29. The molecule has 1 heterocycles. The maximum absolute atomic E-state index is 13.2. The molecule has 2 rings (SSSR count). The van der Waals surface area contributed by atoms with Crippen molar-refractivity contribution in [3.63, 3.8) is 0 Å². The number of amides is 2. The summed E-state index contributed by atoms with van der Waals surface area (Å²) in [7, 11) is 0. The Morgan fingerprint density at radius 1 is 1.33 bits per heavy atom. The molecule has 0 saturated carbocycles. The molecular weight excluding hydrogens is 327 g/mol. The molecule has 1 aliphatic rings. The Morgan fingerprint density at radius 3 is 2.50 bits per heavy atom. The molecule has 0 spiro atoms. The quantitative estimate of drug-likeness (QED) is 0.789. The molecule has 1 aromatic carbocycles. The third-order valence-corrected chi connectivity index (χ3v) is 5.59. The van der Waals surface area contributed by atoms with Gasteiger partial charge in [0, 0.05) is 25.6 Å². The van der Waals surface area contributed by atoms with Crippen molar-refractivity contribution in [3.05, 3.63) is 35.6 Å². The van der Waals surface area contributed by atoms with Gasteiger partial charge in [-0.25, -0.2) is 4.39 Å². The van der Waals surface area contributed by atoms with E-state index in [4.69, 9.17) is 0 Å². The lowest BCUT2D eigenvalue weighted by molar-refractivity contribution is -0.136. The summed E-state index contributed by atoms with van der Waals surface area (Å²) in [5, 5.41) is -0.253. The molecule has 0 N–H and O–H groups in total. The zero-order chi connectivity index (χ0) is 17.9. The number of hydrogen-bond donors (Lipinski definition) is 0. The summed E-state index contributed by atoms with van der Waals surface area (Å²) >= 11 is 1.57. The molecule has 1 aliphatic heterocycles. The van der Waals surface area contributed by atoms with Gasteiger partial charge >= 0.3 is 0 Å². The molecule has 2 atom stereocenters. The van der Waals surface area contributed by atoms with Crippen LogP contribution >= 0.6 is 11.8 Å². The fourth-order valence-electron chi connectivity index (χ4n) is 2.81. The van der Waals surface area contributed by atoms with Crippen molar-refractivity contribution in [1.82, 2.24) is 9.80 Å². The molecule has 6 heteroatoms. The van der Waals surface area contributed by atoms with Crippen molar-refractivity contribution in [2.24, 2.45) is 5.92 Å². The Bertz CT molecular complexity index is 591. The molecule has 24 heavy (non-hydrogen) atoms. The predicted molar refractivity (Wildman–Crippen MR) is 95.0 cm³/mol. The first kappa shape index (κ1) is 18.8. The predicted octanol–water partition coefficient (Wildman–Crippen LogP) is 3.29. The van der Waals surface area contributed by atoms with E-state index in [2.05, 4.69) is 0 Å². The molecule has 0 radical (unpaired) electrons. The van der Waals surface area contributed by atoms with Crippen molar-refractivity contribution >= 4 is 23.6 Å². The first-order valence-electron chi connectivity index (χ1n) is 8.35. The van der Waals surface area contributed by atoms with E-state index in [9.17, 15) is 14.0 Å². The minimum atomic E-state index is -0.285. The summed E-state index contributed by atoms with van der Waals surface area (Å²) in [5.74, 6) is -0.168. The summed E-state index contributed by atoms with van der Waals surface area (Å²) in [6.07, 6.45) is 0. The molecule has 0 bridgehead atoms. The van der Waals surface area contributed by atoms with Gasteiger partial charge in [0.15, 0.2) is 0 Å². The molecule has 2 amide bonds. The molecular formula is C18H25FN2O2S. The number of benzene rings is 1. The van der Waals surface area contributed by atoms with E-state index in [1.165, 1.54) is 12.1 Å². The average Bonchev–Trinajstić information content (AvgIpc) is 2.84. The zero-order valence-electron chi connectivity index (χ0n) is 14.7. The highest BCUT2D eigenvalue weighted by Gasteiger charge is 2.38. The van der Waals surface area contributed by atoms with Crippen LogP contribution in [0.1, 0.15) is 38.6 Å². The van der Waals surface area contributed by atoms with E-state index in [0.29, 0.717) is 19.6 Å². The fourth-order valence-corrected chi connectivity index (χ4v) is 4.11. The van der Waals surface area contributed by atoms with E-state index < -0.39 is 0 Å². The van der Waals surface area contributed by atoms with E-state index in [-0.39, 0.29) is 34.2 Å². The van der Waals surface area contributed by atoms with Crippen molar-refractivity contribution in [2.45, 2.75) is 38.3 Å². The van der Waals surface area contributed by atoms with Gasteiger partial charge in [-0.1, -0.05) is 26.0 Å². The Hall–Kier alpha value is -1.56. The van der Waals surface area contributed by atoms with Crippen molar-refractivity contribution in [1.29, 1.82) is 0 Å². The number of thioether (sulfide) groups is 1. The van der Waals surface area contributed by atoms with Gasteiger partial charge in [-0.05, 0) is 31.5 Å². The average molecular weight is 352 g/mol. The minimum Gasteiger partial charge on any atom is -0.341 e. The Labute approximate surface area is 147 Å². The Morgan fingerprint density at radius 2 is 1.96 bits per heavy atom. The summed E-state index contributed by atoms with van der Waals surface area (Å²) in [6.45, 7) is 9.23. The van der Waals surface area contributed by atoms with Crippen molar-refractivity contribution in [2.75, 3.05) is 19.6 Å². The molecule has 0 aliphatic carbocycles. The number of carbonyl (C=O) groups excluding carboxylic acids is 2. The van der Waals surface area contributed by atoms with Gasteiger partial charge in [0.05, 0.1) is 5.25 Å². The molecule has 0 unspecified atom stereocenters. The Kier molecular flexibility index (Phi) is 6.27. The van der Waals surface area contributed by atoms with Crippen LogP contribution in [0, 0.1) is 11.7 Å². The van der Waals surface area contributed by atoms with Gasteiger partial charge in [0.25, 0.3) is 0 Å². The first-order chi connectivity index (χ1) is 11.3. The fraction of sp³-hybridized carbons (Fsp3) is 0.556. The zero-order valence-corrected chi connectivity index (χ0v) is 15.5. The number of nitrogens with zero attached hydrogens (tertiary/aromatic N) is 2. The topological polar surface area (TPSA) is 40.6 Å². The number of rotatable bonds is 6. The third kappa shape index (κ3) is 4.09. The van der Waals surface area contributed by atoms with Crippen LogP contribution in [0.3, 0.4) is 0 Å². The smallest absolute Gasteiger partial charge is 0.236 e. The van der Waals surface area contributed by atoms with Crippen molar-refractivity contribution < 1.29 is 14.0 Å². The van der Waals surface area contributed by atoms with Gasteiger partial charge in [0.1, 0.15) is 11.2 Å².